The average Bonchev–Trinajstić information content (AvgIpc) is 2.52. The predicted molar refractivity (Wildman–Crippen MR) is 80.6 cm³/mol. The van der Waals surface area contributed by atoms with Gasteiger partial charge in [-0.05, 0) is 24.7 Å². The van der Waals surface area contributed by atoms with E-state index in [1.165, 1.54) is 44.9 Å². The molecule has 1 heterocycles. The fourth-order valence-corrected chi connectivity index (χ4v) is 3.32. The molecule has 1 unspecified atom stereocenters. The fraction of sp³-hybridized carbons (Fsp3) is 0.938. The molecule has 2 fully saturated rings. The first-order valence-corrected chi connectivity index (χ1v) is 8.38. The van der Waals surface area contributed by atoms with Gasteiger partial charge in [-0.25, -0.2) is 0 Å². The van der Waals surface area contributed by atoms with Gasteiger partial charge in [0.1, 0.15) is 6.04 Å². The van der Waals surface area contributed by atoms with Gasteiger partial charge in [0.15, 0.2) is 0 Å². The topological polar surface area (TPSA) is 50.4 Å². The Kier molecular flexibility index (Phi) is 6.80. The van der Waals surface area contributed by atoms with Crippen LogP contribution in [0.2, 0.25) is 0 Å². The monoisotopic (exact) mass is 282 g/mol. The van der Waals surface area contributed by atoms with Crippen LogP contribution in [-0.2, 0) is 9.53 Å². The van der Waals surface area contributed by atoms with Crippen LogP contribution in [0.25, 0.3) is 0 Å². The van der Waals surface area contributed by atoms with Crippen molar-refractivity contribution >= 4 is 5.91 Å². The summed E-state index contributed by atoms with van der Waals surface area (Å²) in [4.78, 5) is 12.0. The van der Waals surface area contributed by atoms with E-state index in [1.54, 1.807) is 0 Å². The molecular weight excluding hydrogens is 252 g/mol. The minimum atomic E-state index is -0.148. The highest BCUT2D eigenvalue weighted by atomic mass is 16.5. The number of carbonyl (C=O) groups excluding carboxylic acids is 1. The zero-order valence-electron chi connectivity index (χ0n) is 12.8. The lowest BCUT2D eigenvalue weighted by molar-refractivity contribution is -0.126. The quantitative estimate of drug-likeness (QED) is 0.784. The van der Waals surface area contributed by atoms with Crippen LogP contribution in [0.3, 0.4) is 0 Å². The van der Waals surface area contributed by atoms with E-state index in [0.29, 0.717) is 19.1 Å². The molecule has 0 radical (unpaired) electrons. The van der Waals surface area contributed by atoms with E-state index in [2.05, 4.69) is 17.6 Å². The molecule has 0 spiro atoms. The van der Waals surface area contributed by atoms with Gasteiger partial charge in [0.2, 0.25) is 5.91 Å². The highest BCUT2D eigenvalue weighted by Crippen LogP contribution is 2.31. The number of rotatable bonds is 6. The summed E-state index contributed by atoms with van der Waals surface area (Å²) in [5.41, 5.74) is 0. The number of hydrogen-bond acceptors (Lipinski definition) is 3. The minimum Gasteiger partial charge on any atom is -0.378 e. The van der Waals surface area contributed by atoms with E-state index in [9.17, 15) is 4.79 Å². The molecule has 1 amide bonds. The van der Waals surface area contributed by atoms with E-state index < -0.39 is 0 Å². The molecule has 0 aromatic rings. The Hall–Kier alpha value is -0.610. The predicted octanol–water partition coefficient (Wildman–Crippen LogP) is 2.09. The van der Waals surface area contributed by atoms with Crippen LogP contribution in [-0.4, -0.2) is 38.3 Å². The molecule has 2 N–H and O–H groups in total. The Morgan fingerprint density at radius 3 is 2.65 bits per heavy atom. The molecule has 1 saturated carbocycles. The Morgan fingerprint density at radius 2 is 2.00 bits per heavy atom. The smallest absolute Gasteiger partial charge is 0.239 e. The number of morpholine rings is 1. The van der Waals surface area contributed by atoms with Crippen molar-refractivity contribution in [1.82, 2.24) is 10.6 Å². The lowest BCUT2D eigenvalue weighted by Gasteiger charge is -2.29. The van der Waals surface area contributed by atoms with Gasteiger partial charge in [-0.2, -0.15) is 0 Å². The van der Waals surface area contributed by atoms with Crippen LogP contribution in [0.1, 0.15) is 51.9 Å². The summed E-state index contributed by atoms with van der Waals surface area (Å²) >= 11 is 0. The summed E-state index contributed by atoms with van der Waals surface area (Å²) in [5.74, 6) is 1.73. The van der Waals surface area contributed by atoms with E-state index in [1.807, 2.05) is 0 Å². The summed E-state index contributed by atoms with van der Waals surface area (Å²) in [6.45, 7) is 5.11. The van der Waals surface area contributed by atoms with Crippen LogP contribution >= 0.6 is 0 Å². The Bertz CT molecular complexity index is 282. The highest BCUT2D eigenvalue weighted by molar-refractivity contribution is 5.81. The molecule has 2 rings (SSSR count). The fourth-order valence-electron chi connectivity index (χ4n) is 3.32. The zero-order valence-corrected chi connectivity index (χ0v) is 12.8. The lowest BCUT2D eigenvalue weighted by Crippen LogP contribution is -2.52. The minimum absolute atomic E-state index is 0.109. The molecule has 0 aromatic heterocycles. The summed E-state index contributed by atoms with van der Waals surface area (Å²) in [6.07, 6.45) is 9.36. The largest absolute Gasteiger partial charge is 0.378 e. The van der Waals surface area contributed by atoms with Crippen molar-refractivity contribution in [3.8, 4) is 0 Å². The third kappa shape index (κ3) is 5.06. The number of unbranched alkanes of at least 4 members (excludes halogenated alkanes) is 1. The molecule has 0 bridgehead atoms. The third-order valence-corrected chi connectivity index (χ3v) is 4.74. The van der Waals surface area contributed by atoms with Gasteiger partial charge in [-0.15, -0.1) is 0 Å². The summed E-state index contributed by atoms with van der Waals surface area (Å²) in [7, 11) is 0. The maximum absolute atomic E-state index is 12.0. The van der Waals surface area contributed by atoms with Crippen LogP contribution in [0.15, 0.2) is 0 Å². The molecule has 20 heavy (non-hydrogen) atoms. The average molecular weight is 282 g/mol. The zero-order chi connectivity index (χ0) is 14.2. The van der Waals surface area contributed by atoms with Crippen molar-refractivity contribution in [3.05, 3.63) is 0 Å². The van der Waals surface area contributed by atoms with Gasteiger partial charge < -0.3 is 15.4 Å². The Balaban J connectivity index is 1.59. The van der Waals surface area contributed by atoms with E-state index >= 15 is 0 Å². The van der Waals surface area contributed by atoms with Crippen LogP contribution < -0.4 is 10.6 Å². The lowest BCUT2D eigenvalue weighted by atomic mass is 9.80. The van der Waals surface area contributed by atoms with Gasteiger partial charge in [0.05, 0.1) is 13.2 Å². The number of nitrogens with one attached hydrogen (secondary N) is 2. The number of hydrogen-bond donors (Lipinski definition) is 2. The van der Waals surface area contributed by atoms with Gasteiger partial charge in [-0.3, -0.25) is 4.79 Å². The Labute approximate surface area is 123 Å². The van der Waals surface area contributed by atoms with Crippen molar-refractivity contribution in [3.63, 3.8) is 0 Å². The molecule has 116 valence electrons. The van der Waals surface area contributed by atoms with Crippen molar-refractivity contribution < 1.29 is 9.53 Å². The molecule has 1 saturated heterocycles. The maximum Gasteiger partial charge on any atom is 0.239 e. The van der Waals surface area contributed by atoms with Crippen molar-refractivity contribution in [1.29, 1.82) is 0 Å². The van der Waals surface area contributed by atoms with Crippen LogP contribution in [0, 0.1) is 11.8 Å². The second-order valence-electron chi connectivity index (χ2n) is 6.36. The van der Waals surface area contributed by atoms with Crippen molar-refractivity contribution in [2.45, 2.75) is 57.9 Å². The first kappa shape index (κ1) is 15.8. The maximum atomic E-state index is 12.0. The number of carbonyl (C=O) groups is 1. The second-order valence-corrected chi connectivity index (χ2v) is 6.36. The van der Waals surface area contributed by atoms with Gasteiger partial charge in [0.25, 0.3) is 0 Å². The molecule has 4 nitrogen and oxygen atoms in total. The van der Waals surface area contributed by atoms with Crippen LogP contribution in [0.4, 0.5) is 0 Å². The van der Waals surface area contributed by atoms with Gasteiger partial charge >= 0.3 is 0 Å². The summed E-state index contributed by atoms with van der Waals surface area (Å²) in [5, 5.41) is 6.30. The highest BCUT2D eigenvalue weighted by Gasteiger charge is 2.24. The first-order valence-electron chi connectivity index (χ1n) is 8.38. The van der Waals surface area contributed by atoms with Crippen molar-refractivity contribution in [2.24, 2.45) is 11.8 Å². The second kappa shape index (κ2) is 8.63. The molecule has 2 aliphatic rings. The molecular formula is C16H30N2O2. The molecule has 1 aliphatic heterocycles. The van der Waals surface area contributed by atoms with E-state index in [4.69, 9.17) is 4.74 Å². The number of amides is 1. The SMILES string of the molecule is CCCCC1CCC(CNC(=O)C2COCCN2)CC1. The van der Waals surface area contributed by atoms with Gasteiger partial charge in [0, 0.05) is 13.1 Å². The summed E-state index contributed by atoms with van der Waals surface area (Å²) < 4.78 is 5.32. The third-order valence-electron chi connectivity index (χ3n) is 4.74. The molecule has 1 atom stereocenters. The molecule has 4 heteroatoms. The summed E-state index contributed by atoms with van der Waals surface area (Å²) in [6, 6.07) is -0.148. The van der Waals surface area contributed by atoms with Crippen LogP contribution in [0.5, 0.6) is 0 Å². The number of ether oxygens (including phenoxy) is 1. The molecule has 0 aromatic carbocycles. The normalized spacial score (nSPS) is 30.9. The van der Waals surface area contributed by atoms with E-state index in [-0.39, 0.29) is 11.9 Å². The Morgan fingerprint density at radius 1 is 1.25 bits per heavy atom. The first-order chi connectivity index (χ1) is 9.79. The standard InChI is InChI=1S/C16H30N2O2/c1-2-3-4-13-5-7-14(8-6-13)11-18-16(19)15-12-20-10-9-17-15/h13-15,17H,2-12H2,1H3,(H,18,19). The molecule has 1 aliphatic carbocycles. The van der Waals surface area contributed by atoms with Crippen molar-refractivity contribution in [2.75, 3.05) is 26.3 Å². The van der Waals surface area contributed by atoms with E-state index in [0.717, 1.165) is 19.0 Å². The van der Waals surface area contributed by atoms with Gasteiger partial charge in [-0.1, -0.05) is 39.0 Å².